The molecule has 180 valence electrons. The fourth-order valence-electron chi connectivity index (χ4n) is 4.05. The van der Waals surface area contributed by atoms with E-state index in [1.807, 2.05) is 49.4 Å². The summed E-state index contributed by atoms with van der Waals surface area (Å²) in [5.41, 5.74) is 1.00. The Morgan fingerprint density at radius 1 is 1.00 bits per heavy atom. The van der Waals surface area contributed by atoms with E-state index in [4.69, 9.17) is 4.74 Å². The number of rotatable bonds is 10. The molecule has 0 radical (unpaired) electrons. The lowest BCUT2D eigenvalue weighted by atomic mass is 10.2. The van der Waals surface area contributed by atoms with E-state index in [-0.39, 0.29) is 30.0 Å². The quantitative estimate of drug-likeness (QED) is 0.414. The van der Waals surface area contributed by atoms with Crippen LogP contribution in [-0.2, 0) is 32.6 Å². The van der Waals surface area contributed by atoms with Crippen LogP contribution in [0.1, 0.15) is 28.2 Å². The Kier molecular flexibility index (Phi) is 8.15. The average Bonchev–Trinajstić information content (AvgIpc) is 3.51. The molecule has 1 aliphatic rings. The molecule has 1 aromatic heterocycles. The number of hydrogen-bond acceptors (Lipinski definition) is 5. The van der Waals surface area contributed by atoms with E-state index in [1.54, 1.807) is 46.6 Å². The molecule has 1 amide bonds. The van der Waals surface area contributed by atoms with Gasteiger partial charge in [0.05, 0.1) is 24.1 Å². The van der Waals surface area contributed by atoms with Crippen LogP contribution in [0.3, 0.4) is 0 Å². The predicted octanol–water partition coefficient (Wildman–Crippen LogP) is 4.46. The zero-order valence-electron chi connectivity index (χ0n) is 19.3. The molecule has 0 N–H and O–H groups in total. The smallest absolute Gasteiger partial charge is 0.243 e. The lowest BCUT2D eigenvalue weighted by molar-refractivity contribution is -0.132. The summed E-state index contributed by atoms with van der Waals surface area (Å²) < 4.78 is 34.0. The van der Waals surface area contributed by atoms with Crippen molar-refractivity contribution in [3.8, 4) is 0 Å². The van der Waals surface area contributed by atoms with Crippen molar-refractivity contribution in [3.05, 3.63) is 88.1 Å². The van der Waals surface area contributed by atoms with Crippen LogP contribution in [0.25, 0.3) is 0 Å². The number of carbonyl (C=O) groups is 1. The molecule has 1 unspecified atom stereocenters. The lowest BCUT2D eigenvalue weighted by Crippen LogP contribution is -2.45. The Morgan fingerprint density at radius 2 is 1.71 bits per heavy atom. The Morgan fingerprint density at radius 3 is 2.32 bits per heavy atom. The van der Waals surface area contributed by atoms with Crippen molar-refractivity contribution in [3.63, 3.8) is 0 Å². The summed E-state index contributed by atoms with van der Waals surface area (Å²) in [5, 5.41) is 0. The minimum Gasteiger partial charge on any atom is -0.377 e. The second kappa shape index (κ2) is 11.3. The van der Waals surface area contributed by atoms with Gasteiger partial charge in [-0.2, -0.15) is 4.31 Å². The Balaban J connectivity index is 1.59. The van der Waals surface area contributed by atoms with E-state index >= 15 is 0 Å². The molecule has 8 heteroatoms. The van der Waals surface area contributed by atoms with Crippen LogP contribution in [0, 0.1) is 6.92 Å². The molecular formula is C26H30N2O4S2. The highest BCUT2D eigenvalue weighted by atomic mass is 32.2. The van der Waals surface area contributed by atoms with Crippen molar-refractivity contribution in [2.24, 2.45) is 0 Å². The van der Waals surface area contributed by atoms with Crippen molar-refractivity contribution in [2.75, 3.05) is 19.7 Å². The fraction of sp³-hybridized carbons (Fsp3) is 0.346. The van der Waals surface area contributed by atoms with Gasteiger partial charge in [0.2, 0.25) is 15.9 Å². The van der Waals surface area contributed by atoms with Crippen LogP contribution < -0.4 is 0 Å². The number of thiophene rings is 1. The molecule has 4 rings (SSSR count). The minimum absolute atomic E-state index is 0.167. The highest BCUT2D eigenvalue weighted by Crippen LogP contribution is 2.22. The first-order chi connectivity index (χ1) is 16.4. The van der Waals surface area contributed by atoms with Gasteiger partial charge in [-0.05, 0) is 49.6 Å². The van der Waals surface area contributed by atoms with Gasteiger partial charge in [-0.3, -0.25) is 4.79 Å². The summed E-state index contributed by atoms with van der Waals surface area (Å²) in [6, 6.07) is 22.1. The van der Waals surface area contributed by atoms with Gasteiger partial charge in [-0.25, -0.2) is 8.42 Å². The van der Waals surface area contributed by atoms with Crippen LogP contribution in [-0.4, -0.2) is 49.3 Å². The molecule has 1 fully saturated rings. The Hall–Kier alpha value is -2.52. The van der Waals surface area contributed by atoms with E-state index in [0.717, 1.165) is 23.3 Å². The molecule has 34 heavy (non-hydrogen) atoms. The van der Waals surface area contributed by atoms with Crippen molar-refractivity contribution in [1.29, 1.82) is 0 Å². The summed E-state index contributed by atoms with van der Waals surface area (Å²) in [5.74, 6) is -0.229. The zero-order chi connectivity index (χ0) is 24.0. The van der Waals surface area contributed by atoms with E-state index in [0.29, 0.717) is 19.7 Å². The van der Waals surface area contributed by atoms with Gasteiger partial charge in [0.15, 0.2) is 0 Å². The second-order valence-corrected chi connectivity index (χ2v) is 11.8. The molecular weight excluding hydrogens is 468 g/mol. The van der Waals surface area contributed by atoms with Crippen LogP contribution in [0.5, 0.6) is 0 Å². The number of nitrogens with zero attached hydrogens (tertiary/aromatic N) is 2. The van der Waals surface area contributed by atoms with E-state index in [1.165, 1.54) is 9.18 Å². The second-order valence-electron chi connectivity index (χ2n) is 8.49. The molecule has 0 bridgehead atoms. The molecule has 3 aromatic rings. The van der Waals surface area contributed by atoms with Crippen molar-refractivity contribution >= 4 is 27.3 Å². The van der Waals surface area contributed by atoms with Gasteiger partial charge in [0.1, 0.15) is 0 Å². The van der Waals surface area contributed by atoms with Crippen LogP contribution in [0.2, 0.25) is 0 Å². The summed E-state index contributed by atoms with van der Waals surface area (Å²) in [7, 11) is -3.85. The molecule has 2 heterocycles. The monoisotopic (exact) mass is 498 g/mol. The summed E-state index contributed by atoms with van der Waals surface area (Å²) in [6.07, 6.45) is 1.49. The van der Waals surface area contributed by atoms with Crippen LogP contribution in [0.15, 0.2) is 77.7 Å². The van der Waals surface area contributed by atoms with Gasteiger partial charge in [0, 0.05) is 29.5 Å². The SMILES string of the molecule is Cc1ccc(CN(Cc2ccccc2)C(=O)CN(CC2CCCO2)S(=O)(=O)c2ccccc2)s1. The van der Waals surface area contributed by atoms with E-state index in [9.17, 15) is 13.2 Å². The largest absolute Gasteiger partial charge is 0.377 e. The number of sulfonamides is 1. The highest BCUT2D eigenvalue weighted by molar-refractivity contribution is 7.89. The number of ether oxygens (including phenoxy) is 1. The fourth-order valence-corrected chi connectivity index (χ4v) is 6.40. The molecule has 0 aliphatic carbocycles. The number of aryl methyl sites for hydroxylation is 1. The molecule has 1 aliphatic heterocycles. The van der Waals surface area contributed by atoms with Crippen molar-refractivity contribution in [1.82, 2.24) is 9.21 Å². The first kappa shape index (κ1) is 24.6. The first-order valence-electron chi connectivity index (χ1n) is 11.5. The molecule has 0 spiro atoms. The van der Waals surface area contributed by atoms with Gasteiger partial charge in [0.25, 0.3) is 0 Å². The van der Waals surface area contributed by atoms with E-state index < -0.39 is 10.0 Å². The number of amides is 1. The van der Waals surface area contributed by atoms with Crippen molar-refractivity contribution in [2.45, 2.75) is 43.9 Å². The van der Waals surface area contributed by atoms with Crippen LogP contribution >= 0.6 is 11.3 Å². The minimum atomic E-state index is -3.85. The molecule has 0 saturated carbocycles. The third-order valence-corrected chi connectivity index (χ3v) is 8.65. The highest BCUT2D eigenvalue weighted by Gasteiger charge is 2.32. The van der Waals surface area contributed by atoms with Gasteiger partial charge in [-0.15, -0.1) is 11.3 Å². The summed E-state index contributed by atoms with van der Waals surface area (Å²) in [4.78, 5) is 17.8. The standard InChI is InChI=1S/C26H30N2O4S2/c1-21-14-15-24(33-21)19-27(17-22-9-4-2-5-10-22)26(29)20-28(18-23-11-8-16-32-23)34(30,31)25-12-6-3-7-13-25/h2-7,9-10,12-15,23H,8,11,16-20H2,1H3. The Labute approximate surface area is 205 Å². The maximum Gasteiger partial charge on any atom is 0.243 e. The van der Waals surface area contributed by atoms with E-state index in [2.05, 4.69) is 0 Å². The van der Waals surface area contributed by atoms with Crippen molar-refractivity contribution < 1.29 is 17.9 Å². The third kappa shape index (κ3) is 6.33. The number of hydrogen-bond donors (Lipinski definition) is 0. The molecule has 2 aromatic carbocycles. The average molecular weight is 499 g/mol. The summed E-state index contributed by atoms with van der Waals surface area (Å²) >= 11 is 1.65. The summed E-state index contributed by atoms with van der Waals surface area (Å²) in [6.45, 7) is 3.44. The first-order valence-corrected chi connectivity index (χ1v) is 13.7. The lowest BCUT2D eigenvalue weighted by Gasteiger charge is -2.28. The zero-order valence-corrected chi connectivity index (χ0v) is 20.9. The molecule has 1 saturated heterocycles. The number of carbonyl (C=O) groups excluding carboxylic acids is 1. The third-order valence-electron chi connectivity index (χ3n) is 5.84. The van der Waals surface area contributed by atoms with Gasteiger partial charge < -0.3 is 9.64 Å². The Bertz CT molecular complexity index is 1170. The maximum atomic E-state index is 13.6. The molecule has 6 nitrogen and oxygen atoms in total. The topological polar surface area (TPSA) is 66.9 Å². The predicted molar refractivity (Wildman–Crippen MR) is 134 cm³/mol. The normalized spacial score (nSPS) is 16.1. The van der Waals surface area contributed by atoms with Crippen LogP contribution in [0.4, 0.5) is 0 Å². The van der Waals surface area contributed by atoms with Gasteiger partial charge in [-0.1, -0.05) is 48.5 Å². The number of benzene rings is 2. The maximum absolute atomic E-state index is 13.6. The van der Waals surface area contributed by atoms with Gasteiger partial charge >= 0.3 is 0 Å². The molecule has 1 atom stereocenters.